The van der Waals surface area contributed by atoms with Crippen molar-refractivity contribution in [2.45, 2.75) is 13.5 Å². The maximum absolute atomic E-state index is 5.63. The topological polar surface area (TPSA) is 38.9 Å². The molecule has 2 nitrogen and oxygen atoms in total. The number of nitrogens with zero attached hydrogens (tertiary/aromatic N) is 1. The molecule has 3 heteroatoms. The summed E-state index contributed by atoms with van der Waals surface area (Å²) < 4.78 is 1.18. The Balaban J connectivity index is 2.17. The highest BCUT2D eigenvalue weighted by Gasteiger charge is 2.01. The summed E-state index contributed by atoms with van der Waals surface area (Å²) in [5, 5.41) is 0.994. The molecule has 0 aliphatic heterocycles. The van der Waals surface area contributed by atoms with Crippen molar-refractivity contribution in [3.63, 3.8) is 0 Å². The first kappa shape index (κ1) is 13.5. The van der Waals surface area contributed by atoms with Crippen LogP contribution in [0.5, 0.6) is 0 Å². The van der Waals surface area contributed by atoms with Gasteiger partial charge in [0.05, 0.1) is 10.2 Å². The predicted octanol–water partition coefficient (Wildman–Crippen LogP) is 4.06. The van der Waals surface area contributed by atoms with Gasteiger partial charge in [-0.05, 0) is 42.8 Å². The lowest BCUT2D eigenvalue weighted by molar-refractivity contribution is 1.08. The lowest BCUT2D eigenvalue weighted by atomic mass is 10.2. The summed E-state index contributed by atoms with van der Waals surface area (Å²) in [6, 6.07) is 6.15. The molecule has 1 heterocycles. The van der Waals surface area contributed by atoms with E-state index in [0.717, 1.165) is 16.1 Å². The van der Waals surface area contributed by atoms with E-state index in [1.807, 2.05) is 55.5 Å². The van der Waals surface area contributed by atoms with Gasteiger partial charge in [-0.2, -0.15) is 0 Å². The summed E-state index contributed by atoms with van der Waals surface area (Å²) in [6.45, 7) is 2.54. The number of thiazole rings is 1. The van der Waals surface area contributed by atoms with E-state index in [0.29, 0.717) is 6.54 Å². The molecule has 0 aliphatic rings. The Bertz CT molecular complexity index is 671. The zero-order valence-corrected chi connectivity index (χ0v) is 11.7. The number of benzene rings is 1. The molecule has 2 rings (SSSR count). The van der Waals surface area contributed by atoms with Gasteiger partial charge in [0.1, 0.15) is 5.01 Å². The Morgan fingerprint density at radius 2 is 2.16 bits per heavy atom. The number of fused-ring (bicyclic) bond motifs is 1. The predicted molar refractivity (Wildman–Crippen MR) is 84.0 cm³/mol. The van der Waals surface area contributed by atoms with Crippen molar-refractivity contribution >= 4 is 27.6 Å². The fraction of sp³-hybridized carbons (Fsp3) is 0.125. The van der Waals surface area contributed by atoms with Crippen LogP contribution in [-0.2, 0) is 6.54 Å². The lowest BCUT2D eigenvalue weighted by Gasteiger charge is -1.93. The van der Waals surface area contributed by atoms with E-state index in [9.17, 15) is 0 Å². The van der Waals surface area contributed by atoms with Crippen LogP contribution in [0.4, 0.5) is 0 Å². The van der Waals surface area contributed by atoms with Crippen LogP contribution in [0.15, 0.2) is 54.3 Å². The van der Waals surface area contributed by atoms with E-state index in [1.165, 1.54) is 4.70 Å². The van der Waals surface area contributed by atoms with Crippen LogP contribution >= 0.6 is 11.3 Å². The van der Waals surface area contributed by atoms with Gasteiger partial charge >= 0.3 is 0 Å². The molecular formula is C16H16N2S. The van der Waals surface area contributed by atoms with Gasteiger partial charge in [-0.25, -0.2) is 4.98 Å². The third kappa shape index (κ3) is 3.76. The second-order valence-corrected chi connectivity index (χ2v) is 5.01. The third-order valence-electron chi connectivity index (χ3n) is 2.52. The van der Waals surface area contributed by atoms with Gasteiger partial charge in [-0.3, -0.25) is 0 Å². The fourth-order valence-corrected chi connectivity index (χ4v) is 2.52. The summed E-state index contributed by atoms with van der Waals surface area (Å²) in [4.78, 5) is 4.54. The molecule has 0 aliphatic carbocycles. The van der Waals surface area contributed by atoms with E-state index in [1.54, 1.807) is 11.3 Å². The second kappa shape index (κ2) is 6.86. The Morgan fingerprint density at radius 1 is 1.32 bits per heavy atom. The molecule has 0 fully saturated rings. The molecule has 1 aromatic carbocycles. The maximum Gasteiger partial charge on any atom is 0.117 e. The van der Waals surface area contributed by atoms with Crippen LogP contribution in [0.1, 0.15) is 17.5 Å². The van der Waals surface area contributed by atoms with Gasteiger partial charge < -0.3 is 5.73 Å². The van der Waals surface area contributed by atoms with E-state index >= 15 is 0 Å². The van der Waals surface area contributed by atoms with Gasteiger partial charge in [-0.1, -0.05) is 24.3 Å². The molecule has 96 valence electrons. The molecule has 1 aromatic heterocycles. The van der Waals surface area contributed by atoms with Crippen LogP contribution in [0.2, 0.25) is 0 Å². The largest absolute Gasteiger partial charge is 0.326 e. The summed E-state index contributed by atoms with van der Waals surface area (Å²) >= 11 is 1.67. The van der Waals surface area contributed by atoms with Crippen molar-refractivity contribution in [1.29, 1.82) is 0 Å². The fourth-order valence-electron chi connectivity index (χ4n) is 1.58. The molecule has 0 unspecified atom stereocenters. The van der Waals surface area contributed by atoms with Crippen molar-refractivity contribution in [3.8, 4) is 0 Å². The quantitative estimate of drug-likeness (QED) is 0.671. The van der Waals surface area contributed by atoms with Gasteiger partial charge in [0.15, 0.2) is 0 Å². The van der Waals surface area contributed by atoms with Gasteiger partial charge in [0.2, 0.25) is 0 Å². The molecule has 0 radical (unpaired) electrons. The van der Waals surface area contributed by atoms with Gasteiger partial charge in [0, 0.05) is 6.54 Å². The second-order valence-electron chi connectivity index (χ2n) is 3.94. The summed E-state index contributed by atoms with van der Waals surface area (Å²) in [5.74, 6) is 0. The number of aromatic nitrogens is 1. The lowest BCUT2D eigenvalue weighted by Crippen LogP contribution is -1.94. The molecule has 0 amide bonds. The Labute approximate surface area is 117 Å². The van der Waals surface area contributed by atoms with E-state index < -0.39 is 0 Å². The highest BCUT2D eigenvalue weighted by Crippen LogP contribution is 2.24. The van der Waals surface area contributed by atoms with Crippen molar-refractivity contribution < 1.29 is 0 Å². The van der Waals surface area contributed by atoms with Crippen molar-refractivity contribution in [1.82, 2.24) is 4.98 Å². The average Bonchev–Trinajstić information content (AvgIpc) is 2.84. The summed E-state index contributed by atoms with van der Waals surface area (Å²) in [6.07, 6.45) is 11.6. The van der Waals surface area contributed by atoms with E-state index in [4.69, 9.17) is 5.73 Å². The summed E-state index contributed by atoms with van der Waals surface area (Å²) in [7, 11) is 0. The highest BCUT2D eigenvalue weighted by molar-refractivity contribution is 7.19. The maximum atomic E-state index is 5.63. The molecular weight excluding hydrogens is 252 g/mol. The van der Waals surface area contributed by atoms with Crippen molar-refractivity contribution in [3.05, 3.63) is 64.9 Å². The Hall–Kier alpha value is -1.93. The highest BCUT2D eigenvalue weighted by atomic mass is 32.1. The molecule has 0 saturated carbocycles. The summed E-state index contributed by atoms with van der Waals surface area (Å²) in [5.41, 5.74) is 10.8. The molecule has 0 bridgehead atoms. The van der Waals surface area contributed by atoms with Gasteiger partial charge in [-0.15, -0.1) is 17.1 Å². The van der Waals surface area contributed by atoms with Crippen molar-refractivity contribution in [2.24, 2.45) is 5.73 Å². The van der Waals surface area contributed by atoms with Crippen LogP contribution in [0.25, 0.3) is 16.3 Å². The Morgan fingerprint density at radius 3 is 2.95 bits per heavy atom. The number of rotatable bonds is 4. The van der Waals surface area contributed by atoms with Crippen LogP contribution in [-0.4, -0.2) is 4.98 Å². The van der Waals surface area contributed by atoms with Crippen molar-refractivity contribution in [2.75, 3.05) is 0 Å². The monoisotopic (exact) mass is 268 g/mol. The first-order chi connectivity index (χ1) is 9.33. The molecule has 0 atom stereocenters. The van der Waals surface area contributed by atoms with E-state index in [2.05, 4.69) is 16.8 Å². The van der Waals surface area contributed by atoms with Gasteiger partial charge in [0.25, 0.3) is 0 Å². The molecule has 19 heavy (non-hydrogen) atoms. The van der Waals surface area contributed by atoms with E-state index in [-0.39, 0.29) is 0 Å². The minimum absolute atomic E-state index is 0.567. The zero-order valence-electron chi connectivity index (χ0n) is 10.8. The first-order valence-electron chi connectivity index (χ1n) is 6.13. The van der Waals surface area contributed by atoms with Crippen LogP contribution < -0.4 is 5.73 Å². The number of allylic oxidation sites excluding steroid dienone is 4. The SMILES string of the molecule is C/C=C\C=C=C/C=C/c1nc2ccc(CN)cc2s1. The molecule has 2 N–H and O–H groups in total. The smallest absolute Gasteiger partial charge is 0.117 e. The first-order valence-corrected chi connectivity index (χ1v) is 6.95. The normalized spacial score (nSPS) is 11.3. The number of hydrogen-bond donors (Lipinski definition) is 1. The number of nitrogens with two attached hydrogens (primary N) is 1. The third-order valence-corrected chi connectivity index (χ3v) is 3.50. The molecule has 0 saturated heterocycles. The standard InChI is InChI=1S/C16H16N2S/c1-2-3-4-5-6-7-8-16-18-14-10-9-13(12-17)11-15(14)19-16/h2-4,6-11H,12,17H2,1H3/b3-2-,8-7+. The zero-order chi connectivity index (χ0) is 13.5. The molecule has 0 spiro atoms. The minimum Gasteiger partial charge on any atom is -0.326 e. The van der Waals surface area contributed by atoms with Crippen LogP contribution in [0, 0.1) is 0 Å². The Kier molecular flexibility index (Phi) is 4.87. The average molecular weight is 268 g/mol. The molecule has 2 aromatic rings. The minimum atomic E-state index is 0.567. The number of hydrogen-bond acceptors (Lipinski definition) is 3. The van der Waals surface area contributed by atoms with Crippen LogP contribution in [0.3, 0.4) is 0 Å².